The Hall–Kier alpha value is -3.72. The van der Waals surface area contributed by atoms with Gasteiger partial charge in [0.1, 0.15) is 11.5 Å². The van der Waals surface area contributed by atoms with E-state index >= 15 is 0 Å². The third-order valence-electron chi connectivity index (χ3n) is 6.21. The molecule has 0 atom stereocenters. The number of hydrogen-bond donors (Lipinski definition) is 0. The second-order valence-electron chi connectivity index (χ2n) is 8.64. The van der Waals surface area contributed by atoms with Crippen LogP contribution >= 0.6 is 22.7 Å². The average Bonchev–Trinajstić information content (AvgIpc) is 3.52. The Bertz CT molecular complexity index is 1440. The van der Waals surface area contributed by atoms with Gasteiger partial charge in [0.25, 0.3) is 0 Å². The van der Waals surface area contributed by atoms with E-state index in [0.29, 0.717) is 9.75 Å². The van der Waals surface area contributed by atoms with E-state index in [0.717, 1.165) is 62.1 Å². The Kier molecular flexibility index (Phi) is 8.55. The number of methoxy groups -OCH3 is 2. The van der Waals surface area contributed by atoms with E-state index in [4.69, 9.17) is 20.0 Å². The molecule has 2 aromatic heterocycles. The highest BCUT2D eigenvalue weighted by Crippen LogP contribution is 2.36. The lowest BCUT2D eigenvalue weighted by molar-refractivity contribution is 0.0980. The fourth-order valence-corrected chi connectivity index (χ4v) is 6.41. The number of ether oxygens (including phenoxy) is 2. The minimum absolute atomic E-state index is 0.00546. The van der Waals surface area contributed by atoms with Crippen LogP contribution < -0.4 is 9.47 Å². The summed E-state index contributed by atoms with van der Waals surface area (Å²) >= 11 is 2.87. The SMILES string of the molecule is COc1cc2sc(C(=O)CCC#N)cc2cc1CCCc1cc2cc(C(=O)CCC#N)sc2cc1OC. The molecular formula is C29H26N2O4S2. The van der Waals surface area contributed by atoms with Crippen LogP contribution in [0.15, 0.2) is 36.4 Å². The fraction of sp³-hybridized carbons (Fsp3) is 0.310. The molecular weight excluding hydrogens is 504 g/mol. The highest BCUT2D eigenvalue weighted by Gasteiger charge is 2.15. The Labute approximate surface area is 223 Å². The van der Waals surface area contributed by atoms with Crippen LogP contribution in [-0.4, -0.2) is 25.8 Å². The molecule has 4 rings (SSSR count). The highest BCUT2D eigenvalue weighted by atomic mass is 32.1. The van der Waals surface area contributed by atoms with Crippen molar-refractivity contribution in [3.8, 4) is 23.6 Å². The maximum absolute atomic E-state index is 12.4. The monoisotopic (exact) mass is 530 g/mol. The van der Waals surface area contributed by atoms with E-state index in [1.165, 1.54) is 22.7 Å². The number of carbonyl (C=O) groups is 2. The van der Waals surface area contributed by atoms with Crippen molar-refractivity contribution in [1.29, 1.82) is 10.5 Å². The van der Waals surface area contributed by atoms with E-state index in [-0.39, 0.29) is 37.2 Å². The zero-order valence-electron chi connectivity index (χ0n) is 20.8. The van der Waals surface area contributed by atoms with Crippen molar-refractivity contribution >= 4 is 54.4 Å². The lowest BCUT2D eigenvalue weighted by Gasteiger charge is -2.11. The number of nitrogens with zero attached hydrogens (tertiary/aromatic N) is 2. The van der Waals surface area contributed by atoms with Crippen LogP contribution in [0.3, 0.4) is 0 Å². The van der Waals surface area contributed by atoms with Gasteiger partial charge in [-0.15, -0.1) is 22.7 Å². The molecule has 0 saturated carbocycles. The first kappa shape index (κ1) is 26.3. The number of ketones is 2. The van der Waals surface area contributed by atoms with Crippen molar-refractivity contribution in [2.75, 3.05) is 14.2 Å². The average molecular weight is 531 g/mol. The van der Waals surface area contributed by atoms with Crippen LogP contribution in [0.25, 0.3) is 20.2 Å². The zero-order valence-corrected chi connectivity index (χ0v) is 22.4. The Morgan fingerprint density at radius 2 is 1.16 bits per heavy atom. The van der Waals surface area contributed by atoms with E-state index in [1.807, 2.05) is 36.4 Å². The van der Waals surface area contributed by atoms with Gasteiger partial charge in [0.15, 0.2) is 11.6 Å². The van der Waals surface area contributed by atoms with Crippen molar-refractivity contribution in [3.63, 3.8) is 0 Å². The van der Waals surface area contributed by atoms with Crippen molar-refractivity contribution in [1.82, 2.24) is 0 Å². The third kappa shape index (κ3) is 5.99. The largest absolute Gasteiger partial charge is 0.496 e. The van der Waals surface area contributed by atoms with Crippen LogP contribution in [0.5, 0.6) is 11.5 Å². The summed E-state index contributed by atoms with van der Waals surface area (Å²) in [5.41, 5.74) is 2.15. The van der Waals surface area contributed by atoms with E-state index in [9.17, 15) is 9.59 Å². The van der Waals surface area contributed by atoms with Gasteiger partial charge in [-0.1, -0.05) is 0 Å². The summed E-state index contributed by atoms with van der Waals surface area (Å²) in [6, 6.07) is 16.0. The molecule has 0 spiro atoms. The molecule has 0 saturated heterocycles. The number of rotatable bonds is 12. The van der Waals surface area contributed by atoms with Gasteiger partial charge in [0.2, 0.25) is 0 Å². The lowest BCUT2D eigenvalue weighted by Crippen LogP contribution is -1.96. The van der Waals surface area contributed by atoms with E-state index < -0.39 is 0 Å². The number of benzene rings is 2. The summed E-state index contributed by atoms with van der Waals surface area (Å²) in [5.74, 6) is 1.58. The molecule has 0 fully saturated rings. The standard InChI is InChI=1S/C29H26N2O4S2/c1-34-24-16-26-20(14-28(36-26)22(32)8-4-10-30)12-18(24)6-3-7-19-13-21-15-29(23(33)9-5-11-31)37-27(21)17-25(19)35-2/h12-17H,3-9H2,1-2H3. The molecule has 4 aromatic rings. The van der Waals surface area contributed by atoms with Gasteiger partial charge >= 0.3 is 0 Å². The van der Waals surface area contributed by atoms with Gasteiger partial charge in [-0.25, -0.2) is 0 Å². The second-order valence-corrected chi connectivity index (χ2v) is 10.8. The molecule has 2 aromatic carbocycles. The van der Waals surface area contributed by atoms with Crippen molar-refractivity contribution in [2.24, 2.45) is 0 Å². The summed E-state index contributed by atoms with van der Waals surface area (Å²) in [6.07, 6.45) is 3.35. The summed E-state index contributed by atoms with van der Waals surface area (Å²) in [4.78, 5) is 26.1. The van der Waals surface area contributed by atoms with Gasteiger partial charge in [0, 0.05) is 35.1 Å². The molecule has 0 bridgehead atoms. The molecule has 37 heavy (non-hydrogen) atoms. The van der Waals surface area contributed by atoms with Crippen LogP contribution in [0.4, 0.5) is 0 Å². The first-order valence-electron chi connectivity index (χ1n) is 12.0. The predicted octanol–water partition coefficient (Wildman–Crippen LogP) is 7.28. The van der Waals surface area contributed by atoms with Crippen LogP contribution in [0, 0.1) is 22.7 Å². The number of hydrogen-bond acceptors (Lipinski definition) is 8. The number of thiophene rings is 2. The number of Topliss-reactive ketones (excluding diaryl/α,β-unsaturated/α-hetero) is 2. The molecule has 6 nitrogen and oxygen atoms in total. The van der Waals surface area contributed by atoms with E-state index in [2.05, 4.69) is 12.1 Å². The molecule has 188 valence electrons. The number of nitriles is 2. The van der Waals surface area contributed by atoms with Crippen molar-refractivity contribution < 1.29 is 19.1 Å². The number of aryl methyl sites for hydroxylation is 2. The third-order valence-corrected chi connectivity index (χ3v) is 8.49. The minimum atomic E-state index is -0.00546. The Morgan fingerprint density at radius 3 is 1.54 bits per heavy atom. The maximum Gasteiger partial charge on any atom is 0.173 e. The van der Waals surface area contributed by atoms with Gasteiger partial charge in [0.05, 0.1) is 36.1 Å². The van der Waals surface area contributed by atoms with Gasteiger partial charge in [-0.3, -0.25) is 9.59 Å². The normalized spacial score (nSPS) is 10.8. The quantitative estimate of drug-likeness (QED) is 0.178. The number of fused-ring (bicyclic) bond motifs is 2. The smallest absolute Gasteiger partial charge is 0.173 e. The molecule has 0 aliphatic rings. The van der Waals surface area contributed by atoms with Crippen LogP contribution in [-0.2, 0) is 12.8 Å². The first-order chi connectivity index (χ1) is 18.0. The highest BCUT2D eigenvalue weighted by molar-refractivity contribution is 7.21. The Morgan fingerprint density at radius 1 is 0.730 bits per heavy atom. The van der Waals surface area contributed by atoms with Crippen LogP contribution in [0.2, 0.25) is 0 Å². The fourth-order valence-electron chi connectivity index (χ4n) is 4.33. The number of carbonyl (C=O) groups excluding carboxylic acids is 2. The molecule has 8 heteroatoms. The minimum Gasteiger partial charge on any atom is -0.496 e. The zero-order chi connectivity index (χ0) is 26.4. The maximum atomic E-state index is 12.4. The first-order valence-corrected chi connectivity index (χ1v) is 13.6. The molecule has 2 heterocycles. The lowest BCUT2D eigenvalue weighted by atomic mass is 10.0. The molecule has 0 amide bonds. The second kappa shape index (κ2) is 12.0. The summed E-state index contributed by atoms with van der Waals surface area (Å²) in [6.45, 7) is 0. The molecule has 0 aliphatic carbocycles. The van der Waals surface area contributed by atoms with Gasteiger partial charge in [-0.05, 0) is 77.6 Å². The van der Waals surface area contributed by atoms with Crippen LogP contribution in [0.1, 0.15) is 62.6 Å². The van der Waals surface area contributed by atoms with Gasteiger partial charge < -0.3 is 9.47 Å². The molecule has 0 aliphatic heterocycles. The Balaban J connectivity index is 1.51. The summed E-state index contributed by atoms with van der Waals surface area (Å²) < 4.78 is 13.3. The van der Waals surface area contributed by atoms with Crippen molar-refractivity contribution in [3.05, 3.63) is 57.3 Å². The molecule has 0 unspecified atom stereocenters. The van der Waals surface area contributed by atoms with Gasteiger partial charge in [-0.2, -0.15) is 10.5 Å². The predicted molar refractivity (Wildman–Crippen MR) is 147 cm³/mol. The molecule has 0 N–H and O–H groups in total. The summed E-state index contributed by atoms with van der Waals surface area (Å²) in [5, 5.41) is 19.5. The van der Waals surface area contributed by atoms with Crippen molar-refractivity contribution in [2.45, 2.75) is 44.9 Å². The molecule has 0 radical (unpaired) electrons. The summed E-state index contributed by atoms with van der Waals surface area (Å²) in [7, 11) is 3.31. The van der Waals surface area contributed by atoms with E-state index in [1.54, 1.807) is 14.2 Å². The topological polar surface area (TPSA) is 100 Å².